The first-order valence-corrected chi connectivity index (χ1v) is 7.70. The highest BCUT2D eigenvalue weighted by atomic mass is 35.5. The summed E-state index contributed by atoms with van der Waals surface area (Å²) < 4.78 is 3.69. The van der Waals surface area contributed by atoms with Gasteiger partial charge in [-0.2, -0.15) is 5.10 Å². The summed E-state index contributed by atoms with van der Waals surface area (Å²) in [6, 6.07) is 0.328. The van der Waals surface area contributed by atoms with E-state index in [1.807, 2.05) is 6.20 Å². The molecule has 0 saturated heterocycles. The van der Waals surface area contributed by atoms with Gasteiger partial charge in [0.2, 0.25) is 0 Å². The Bertz CT molecular complexity index is 598. The van der Waals surface area contributed by atoms with E-state index in [2.05, 4.69) is 23.6 Å². The molecule has 0 aliphatic heterocycles. The Morgan fingerprint density at radius 2 is 2.06 bits per heavy atom. The van der Waals surface area contributed by atoms with Crippen LogP contribution in [0.15, 0.2) is 6.20 Å². The topological polar surface area (TPSA) is 17.8 Å². The third kappa shape index (κ3) is 1.80. The van der Waals surface area contributed by atoms with E-state index in [1.54, 1.807) is 0 Å². The maximum absolute atomic E-state index is 6.39. The van der Waals surface area contributed by atoms with E-state index < -0.39 is 0 Å². The minimum absolute atomic E-state index is 0.328. The molecular formula is C13H14Cl2N2S. The summed E-state index contributed by atoms with van der Waals surface area (Å²) in [5.41, 5.74) is 4.78. The van der Waals surface area contributed by atoms with Crippen LogP contribution >= 0.6 is 34.5 Å². The lowest BCUT2D eigenvalue weighted by atomic mass is 10.1. The molecule has 0 radical (unpaired) electrons. The van der Waals surface area contributed by atoms with E-state index in [-0.39, 0.29) is 0 Å². The summed E-state index contributed by atoms with van der Waals surface area (Å²) in [7, 11) is 0. The van der Waals surface area contributed by atoms with Crippen molar-refractivity contribution in [2.45, 2.75) is 39.2 Å². The molecule has 1 aliphatic rings. The van der Waals surface area contributed by atoms with Crippen molar-refractivity contribution in [3.8, 4) is 11.3 Å². The van der Waals surface area contributed by atoms with Crippen LogP contribution in [0.3, 0.4) is 0 Å². The monoisotopic (exact) mass is 300 g/mol. The second-order valence-electron chi connectivity index (χ2n) is 4.91. The van der Waals surface area contributed by atoms with Crippen LogP contribution in [0.25, 0.3) is 11.3 Å². The summed E-state index contributed by atoms with van der Waals surface area (Å²) >= 11 is 14.2. The molecule has 0 unspecified atom stereocenters. The first kappa shape index (κ1) is 12.5. The van der Waals surface area contributed by atoms with Crippen molar-refractivity contribution in [3.05, 3.63) is 26.0 Å². The SMILES string of the molecule is CC(C)n1ncc2c1-c1c(Cl)sc(Cl)c1CCC2. The molecule has 0 bridgehead atoms. The van der Waals surface area contributed by atoms with Crippen molar-refractivity contribution < 1.29 is 0 Å². The Balaban J connectivity index is 2.31. The molecule has 0 aromatic carbocycles. The van der Waals surface area contributed by atoms with Gasteiger partial charge in [0, 0.05) is 11.6 Å². The lowest BCUT2D eigenvalue weighted by Gasteiger charge is -2.12. The molecule has 2 aromatic heterocycles. The quantitative estimate of drug-likeness (QED) is 0.725. The van der Waals surface area contributed by atoms with Gasteiger partial charge in [0.15, 0.2) is 0 Å². The van der Waals surface area contributed by atoms with Crippen LogP contribution < -0.4 is 0 Å². The van der Waals surface area contributed by atoms with Gasteiger partial charge in [-0.05, 0) is 44.2 Å². The third-order valence-corrected chi connectivity index (χ3v) is 5.07. The molecule has 3 rings (SSSR count). The molecule has 96 valence electrons. The normalized spacial score (nSPS) is 14.5. The molecule has 2 nitrogen and oxygen atoms in total. The number of hydrogen-bond donors (Lipinski definition) is 0. The Labute approximate surface area is 121 Å². The lowest BCUT2D eigenvalue weighted by Crippen LogP contribution is -2.05. The van der Waals surface area contributed by atoms with Gasteiger partial charge in [-0.1, -0.05) is 23.2 Å². The standard InChI is InChI=1S/C13H14Cl2N2S/c1-7(2)17-11-8(6-16-17)4-3-5-9-10(11)13(15)18-12(9)14/h6-7H,3-5H2,1-2H3. The van der Waals surface area contributed by atoms with Crippen LogP contribution in [0.2, 0.25) is 8.67 Å². The molecule has 5 heteroatoms. The zero-order valence-electron chi connectivity index (χ0n) is 10.3. The number of aryl methyl sites for hydroxylation is 1. The van der Waals surface area contributed by atoms with Gasteiger partial charge in [0.05, 0.1) is 16.2 Å². The van der Waals surface area contributed by atoms with Gasteiger partial charge < -0.3 is 0 Å². The van der Waals surface area contributed by atoms with Crippen LogP contribution in [0.4, 0.5) is 0 Å². The van der Waals surface area contributed by atoms with Crippen molar-refractivity contribution in [2.24, 2.45) is 0 Å². The first-order valence-electron chi connectivity index (χ1n) is 6.13. The molecule has 0 atom stereocenters. The van der Waals surface area contributed by atoms with E-state index in [1.165, 1.54) is 28.2 Å². The molecule has 0 saturated carbocycles. The molecule has 2 heterocycles. The van der Waals surface area contributed by atoms with Gasteiger partial charge in [-0.15, -0.1) is 11.3 Å². The smallest absolute Gasteiger partial charge is 0.104 e. The molecule has 0 N–H and O–H groups in total. The van der Waals surface area contributed by atoms with Gasteiger partial charge in [0.1, 0.15) is 4.34 Å². The number of halogens is 2. The average Bonchev–Trinajstić information content (AvgIpc) is 2.75. The maximum atomic E-state index is 6.39. The molecule has 0 amide bonds. The van der Waals surface area contributed by atoms with Crippen LogP contribution in [-0.2, 0) is 12.8 Å². The van der Waals surface area contributed by atoms with Crippen molar-refractivity contribution in [2.75, 3.05) is 0 Å². The minimum Gasteiger partial charge on any atom is -0.262 e. The van der Waals surface area contributed by atoms with Gasteiger partial charge in [0.25, 0.3) is 0 Å². The Hall–Kier alpha value is -0.510. The van der Waals surface area contributed by atoms with Crippen LogP contribution in [-0.4, -0.2) is 9.78 Å². The molecule has 0 fully saturated rings. The molecule has 0 spiro atoms. The number of fused-ring (bicyclic) bond motifs is 3. The van der Waals surface area contributed by atoms with Crippen LogP contribution in [0, 0.1) is 0 Å². The highest BCUT2D eigenvalue weighted by Crippen LogP contribution is 2.46. The van der Waals surface area contributed by atoms with E-state index >= 15 is 0 Å². The van der Waals surface area contributed by atoms with Gasteiger partial charge >= 0.3 is 0 Å². The van der Waals surface area contributed by atoms with Gasteiger partial charge in [-0.25, -0.2) is 0 Å². The maximum Gasteiger partial charge on any atom is 0.104 e. The number of nitrogens with zero attached hydrogens (tertiary/aromatic N) is 2. The minimum atomic E-state index is 0.328. The van der Waals surface area contributed by atoms with Crippen LogP contribution in [0.5, 0.6) is 0 Å². The fourth-order valence-electron chi connectivity index (χ4n) is 2.57. The largest absolute Gasteiger partial charge is 0.262 e. The van der Waals surface area contributed by atoms with E-state index in [9.17, 15) is 0 Å². The number of rotatable bonds is 1. The zero-order chi connectivity index (χ0) is 12.9. The Morgan fingerprint density at radius 1 is 1.28 bits per heavy atom. The van der Waals surface area contributed by atoms with Crippen molar-refractivity contribution in [3.63, 3.8) is 0 Å². The molecule has 1 aliphatic carbocycles. The van der Waals surface area contributed by atoms with E-state index in [4.69, 9.17) is 23.2 Å². The number of thiophene rings is 1. The molecular weight excluding hydrogens is 287 g/mol. The third-order valence-electron chi connectivity index (χ3n) is 3.38. The van der Waals surface area contributed by atoms with Crippen molar-refractivity contribution in [1.29, 1.82) is 0 Å². The average molecular weight is 301 g/mol. The first-order chi connectivity index (χ1) is 8.59. The second-order valence-corrected chi connectivity index (χ2v) is 7.14. The lowest BCUT2D eigenvalue weighted by molar-refractivity contribution is 0.538. The van der Waals surface area contributed by atoms with E-state index in [0.717, 1.165) is 33.5 Å². The molecule has 2 aromatic rings. The summed E-state index contributed by atoms with van der Waals surface area (Å²) in [5.74, 6) is 0. The Morgan fingerprint density at radius 3 is 2.78 bits per heavy atom. The Kier molecular flexibility index (Phi) is 3.16. The summed E-state index contributed by atoms with van der Waals surface area (Å²) in [5, 5.41) is 4.51. The highest BCUT2D eigenvalue weighted by Gasteiger charge is 2.26. The summed E-state index contributed by atoms with van der Waals surface area (Å²) in [4.78, 5) is 0. The number of hydrogen-bond acceptors (Lipinski definition) is 2. The summed E-state index contributed by atoms with van der Waals surface area (Å²) in [6.45, 7) is 4.28. The molecule has 18 heavy (non-hydrogen) atoms. The second kappa shape index (κ2) is 4.55. The fourth-order valence-corrected chi connectivity index (χ4v) is 4.35. The van der Waals surface area contributed by atoms with Crippen molar-refractivity contribution in [1.82, 2.24) is 9.78 Å². The van der Waals surface area contributed by atoms with E-state index in [0.29, 0.717) is 6.04 Å². The predicted molar refractivity (Wildman–Crippen MR) is 78.0 cm³/mol. The van der Waals surface area contributed by atoms with Gasteiger partial charge in [-0.3, -0.25) is 4.68 Å². The zero-order valence-corrected chi connectivity index (χ0v) is 12.7. The van der Waals surface area contributed by atoms with Crippen molar-refractivity contribution >= 4 is 34.5 Å². The summed E-state index contributed by atoms with van der Waals surface area (Å²) in [6.07, 6.45) is 5.14. The fraction of sp³-hybridized carbons (Fsp3) is 0.462. The highest BCUT2D eigenvalue weighted by molar-refractivity contribution is 7.20. The number of aromatic nitrogens is 2. The predicted octanol–water partition coefficient (Wildman–Crippen LogP) is 4.99. The van der Waals surface area contributed by atoms with Crippen LogP contribution in [0.1, 0.15) is 37.4 Å².